The first-order valence-corrected chi connectivity index (χ1v) is 7.70. The number of carbonyl (C=O) groups is 2. The van der Waals surface area contributed by atoms with Gasteiger partial charge in [-0.25, -0.2) is 0 Å². The minimum Gasteiger partial charge on any atom is -0.497 e. The van der Waals surface area contributed by atoms with Gasteiger partial charge in [0.1, 0.15) is 5.75 Å². The van der Waals surface area contributed by atoms with E-state index in [-0.39, 0.29) is 17.9 Å². The van der Waals surface area contributed by atoms with Crippen molar-refractivity contribution in [1.29, 1.82) is 0 Å². The van der Waals surface area contributed by atoms with Gasteiger partial charge in [-0.15, -0.1) is 0 Å². The molecule has 0 aromatic heterocycles. The average molecular weight is 355 g/mol. The molecule has 0 bridgehead atoms. The van der Waals surface area contributed by atoms with Gasteiger partial charge in [0.15, 0.2) is 0 Å². The van der Waals surface area contributed by atoms with E-state index in [1.165, 1.54) is 6.92 Å². The Balaban J connectivity index is 2.13. The number of benzene rings is 1. The Labute approximate surface area is 132 Å². The van der Waals surface area contributed by atoms with Gasteiger partial charge in [-0.05, 0) is 47.0 Å². The maximum Gasteiger partial charge on any atom is 0.255 e. The smallest absolute Gasteiger partial charge is 0.255 e. The van der Waals surface area contributed by atoms with Gasteiger partial charge in [-0.3, -0.25) is 9.59 Å². The van der Waals surface area contributed by atoms with Crippen molar-refractivity contribution in [3.05, 3.63) is 28.2 Å². The van der Waals surface area contributed by atoms with E-state index in [0.717, 1.165) is 17.3 Å². The third kappa shape index (κ3) is 3.97. The average Bonchev–Trinajstić information content (AvgIpc) is 2.46. The fourth-order valence-corrected chi connectivity index (χ4v) is 2.95. The van der Waals surface area contributed by atoms with Crippen molar-refractivity contribution in [2.24, 2.45) is 0 Å². The molecule has 114 valence electrons. The van der Waals surface area contributed by atoms with E-state index < -0.39 is 0 Å². The molecule has 1 aromatic carbocycles. The van der Waals surface area contributed by atoms with Crippen LogP contribution in [-0.2, 0) is 4.79 Å². The molecule has 0 saturated carbocycles. The van der Waals surface area contributed by atoms with Crippen LogP contribution < -0.4 is 10.1 Å². The molecule has 1 heterocycles. The molecule has 2 amide bonds. The highest BCUT2D eigenvalue weighted by molar-refractivity contribution is 9.10. The number of piperidine rings is 1. The summed E-state index contributed by atoms with van der Waals surface area (Å²) >= 11 is 3.41. The molecule has 1 aromatic rings. The van der Waals surface area contributed by atoms with Crippen molar-refractivity contribution in [1.82, 2.24) is 10.2 Å². The number of likely N-dealkylation sites (tertiary alicyclic amines) is 1. The predicted molar refractivity (Wildman–Crippen MR) is 83.4 cm³/mol. The van der Waals surface area contributed by atoms with E-state index in [0.29, 0.717) is 24.4 Å². The summed E-state index contributed by atoms with van der Waals surface area (Å²) in [4.78, 5) is 25.6. The number of methoxy groups -OCH3 is 1. The van der Waals surface area contributed by atoms with Crippen LogP contribution in [0.3, 0.4) is 0 Å². The molecule has 0 radical (unpaired) electrons. The second kappa shape index (κ2) is 6.93. The molecule has 6 heteroatoms. The summed E-state index contributed by atoms with van der Waals surface area (Å²) in [7, 11) is 1.57. The monoisotopic (exact) mass is 354 g/mol. The van der Waals surface area contributed by atoms with Crippen molar-refractivity contribution in [3.8, 4) is 5.75 Å². The zero-order valence-electron chi connectivity index (χ0n) is 12.2. The highest BCUT2D eigenvalue weighted by Crippen LogP contribution is 2.25. The van der Waals surface area contributed by atoms with E-state index in [1.807, 2.05) is 0 Å². The number of hydrogen-bond donors (Lipinski definition) is 1. The second-order valence-corrected chi connectivity index (χ2v) is 5.99. The standard InChI is InChI=1S/C15H19BrN2O3/c1-10(19)17-11-4-3-7-18(9-11)15(20)13-8-12(21-2)5-6-14(13)16/h5-6,8,11H,3-4,7,9H2,1-2H3,(H,17,19). The third-order valence-electron chi connectivity index (χ3n) is 3.52. The first-order valence-electron chi connectivity index (χ1n) is 6.91. The van der Waals surface area contributed by atoms with Crippen molar-refractivity contribution in [2.75, 3.05) is 20.2 Å². The number of ether oxygens (including phenoxy) is 1. The van der Waals surface area contributed by atoms with Crippen LogP contribution in [0.15, 0.2) is 22.7 Å². The Kier molecular flexibility index (Phi) is 5.22. The molecule has 1 fully saturated rings. The SMILES string of the molecule is COc1ccc(Br)c(C(=O)N2CCCC(NC(C)=O)C2)c1. The summed E-state index contributed by atoms with van der Waals surface area (Å²) in [6.07, 6.45) is 1.79. The van der Waals surface area contributed by atoms with Gasteiger partial charge < -0.3 is 15.0 Å². The molecule has 1 saturated heterocycles. The Morgan fingerprint density at radius 1 is 1.43 bits per heavy atom. The minimum atomic E-state index is -0.0585. The molecular formula is C15H19BrN2O3. The van der Waals surface area contributed by atoms with Crippen LogP contribution in [0.4, 0.5) is 0 Å². The lowest BCUT2D eigenvalue weighted by molar-refractivity contribution is -0.120. The number of nitrogens with one attached hydrogen (secondary N) is 1. The number of rotatable bonds is 3. The van der Waals surface area contributed by atoms with Crippen LogP contribution in [-0.4, -0.2) is 43.0 Å². The van der Waals surface area contributed by atoms with Crippen molar-refractivity contribution < 1.29 is 14.3 Å². The van der Waals surface area contributed by atoms with Crippen molar-refractivity contribution in [2.45, 2.75) is 25.8 Å². The summed E-state index contributed by atoms with van der Waals surface area (Å²) < 4.78 is 5.92. The Bertz CT molecular complexity index is 548. The highest BCUT2D eigenvalue weighted by Gasteiger charge is 2.26. The molecule has 1 aliphatic heterocycles. The Hall–Kier alpha value is -1.56. The number of amides is 2. The van der Waals surface area contributed by atoms with Gasteiger partial charge in [0.05, 0.1) is 12.7 Å². The number of halogens is 1. The fraction of sp³-hybridized carbons (Fsp3) is 0.467. The zero-order chi connectivity index (χ0) is 15.4. The molecule has 1 unspecified atom stereocenters. The minimum absolute atomic E-state index is 0.0320. The molecule has 1 aliphatic rings. The van der Waals surface area contributed by atoms with Crippen LogP contribution in [0.25, 0.3) is 0 Å². The second-order valence-electron chi connectivity index (χ2n) is 5.14. The molecule has 0 aliphatic carbocycles. The number of hydrogen-bond acceptors (Lipinski definition) is 3. The van der Waals surface area contributed by atoms with Crippen LogP contribution in [0.2, 0.25) is 0 Å². The van der Waals surface area contributed by atoms with Gasteiger partial charge in [-0.1, -0.05) is 0 Å². The lowest BCUT2D eigenvalue weighted by atomic mass is 10.0. The zero-order valence-corrected chi connectivity index (χ0v) is 13.8. The molecule has 0 spiro atoms. The van der Waals surface area contributed by atoms with Gasteiger partial charge in [-0.2, -0.15) is 0 Å². The van der Waals surface area contributed by atoms with Crippen molar-refractivity contribution >= 4 is 27.7 Å². The van der Waals surface area contributed by atoms with E-state index in [4.69, 9.17) is 4.74 Å². The summed E-state index contributed by atoms with van der Waals surface area (Å²) in [6.45, 7) is 2.75. The maximum atomic E-state index is 12.6. The van der Waals surface area contributed by atoms with Crippen LogP contribution >= 0.6 is 15.9 Å². The quantitative estimate of drug-likeness (QED) is 0.904. The van der Waals surface area contributed by atoms with Crippen LogP contribution in [0, 0.1) is 0 Å². The molecular weight excluding hydrogens is 336 g/mol. The van der Waals surface area contributed by atoms with Crippen LogP contribution in [0.1, 0.15) is 30.1 Å². The van der Waals surface area contributed by atoms with Gasteiger partial charge >= 0.3 is 0 Å². The van der Waals surface area contributed by atoms with E-state index in [9.17, 15) is 9.59 Å². The normalized spacial score (nSPS) is 18.2. The summed E-state index contributed by atoms with van der Waals surface area (Å²) in [5.41, 5.74) is 0.581. The molecule has 1 atom stereocenters. The Morgan fingerprint density at radius 3 is 2.86 bits per heavy atom. The van der Waals surface area contributed by atoms with Gasteiger partial charge in [0.2, 0.25) is 5.91 Å². The summed E-state index contributed by atoms with van der Waals surface area (Å²) in [6, 6.07) is 5.37. The first-order chi connectivity index (χ1) is 10.0. The summed E-state index contributed by atoms with van der Waals surface area (Å²) in [5.74, 6) is 0.546. The largest absolute Gasteiger partial charge is 0.497 e. The van der Waals surface area contributed by atoms with Crippen LogP contribution in [0.5, 0.6) is 5.75 Å². The molecule has 21 heavy (non-hydrogen) atoms. The fourth-order valence-electron chi connectivity index (χ4n) is 2.53. The topological polar surface area (TPSA) is 58.6 Å². The lowest BCUT2D eigenvalue weighted by Crippen LogP contribution is -2.49. The highest BCUT2D eigenvalue weighted by atomic mass is 79.9. The van der Waals surface area contributed by atoms with Crippen molar-refractivity contribution in [3.63, 3.8) is 0 Å². The third-order valence-corrected chi connectivity index (χ3v) is 4.21. The van der Waals surface area contributed by atoms with E-state index in [1.54, 1.807) is 30.2 Å². The molecule has 2 rings (SSSR count). The van der Waals surface area contributed by atoms with E-state index >= 15 is 0 Å². The van der Waals surface area contributed by atoms with E-state index in [2.05, 4.69) is 21.2 Å². The lowest BCUT2D eigenvalue weighted by Gasteiger charge is -2.33. The summed E-state index contributed by atoms with van der Waals surface area (Å²) in [5, 5.41) is 2.89. The molecule has 5 nitrogen and oxygen atoms in total. The molecule has 1 N–H and O–H groups in total. The maximum absolute atomic E-state index is 12.6. The first kappa shape index (κ1) is 15.8. The number of nitrogens with zero attached hydrogens (tertiary/aromatic N) is 1. The predicted octanol–water partition coefficient (Wildman–Crippen LogP) is 2.20. The number of carbonyl (C=O) groups excluding carboxylic acids is 2. The Morgan fingerprint density at radius 2 is 2.19 bits per heavy atom. The van der Waals surface area contributed by atoms with Gasteiger partial charge in [0.25, 0.3) is 5.91 Å². The van der Waals surface area contributed by atoms with Gasteiger partial charge in [0, 0.05) is 30.5 Å².